The van der Waals surface area contributed by atoms with Crippen LogP contribution in [0.5, 0.6) is 5.75 Å². The van der Waals surface area contributed by atoms with Crippen molar-refractivity contribution in [3.05, 3.63) is 83.8 Å². The number of furan rings is 1. The first-order valence-corrected chi connectivity index (χ1v) is 10.5. The number of amides is 3. The first-order valence-electron chi connectivity index (χ1n) is 10.5. The highest BCUT2D eigenvalue weighted by Gasteiger charge is 2.25. The van der Waals surface area contributed by atoms with Gasteiger partial charge in [0, 0.05) is 12.2 Å². The molecule has 3 aromatic rings. The molecular weight excluding hydrogens is 422 g/mol. The highest BCUT2D eigenvalue weighted by atomic mass is 16.5. The van der Waals surface area contributed by atoms with Crippen molar-refractivity contribution in [1.29, 1.82) is 0 Å². The van der Waals surface area contributed by atoms with E-state index in [2.05, 4.69) is 16.0 Å². The number of anilines is 1. The summed E-state index contributed by atoms with van der Waals surface area (Å²) in [4.78, 5) is 37.8. The fourth-order valence-electron chi connectivity index (χ4n) is 3.24. The van der Waals surface area contributed by atoms with Gasteiger partial charge in [0.2, 0.25) is 5.91 Å². The van der Waals surface area contributed by atoms with Crippen LogP contribution in [0.1, 0.15) is 40.3 Å². The number of hydrogen-bond donors (Lipinski definition) is 3. The van der Waals surface area contributed by atoms with Gasteiger partial charge in [-0.15, -0.1) is 0 Å². The summed E-state index contributed by atoms with van der Waals surface area (Å²) in [5.41, 5.74) is 1.73. The van der Waals surface area contributed by atoms with E-state index in [9.17, 15) is 14.4 Å². The standard InChI is InChI=1S/C25H27N3O5/c1-16(2)22(28-23(29)19-10-4-5-11-20(19)32-3)25(31)26-15-17-8-6-9-18(14-17)27-24(30)21-12-7-13-33-21/h4-14,16,22H,15H2,1-3H3,(H,26,31)(H,27,30)(H,28,29). The van der Waals surface area contributed by atoms with Crippen molar-refractivity contribution in [1.82, 2.24) is 10.6 Å². The number of para-hydroxylation sites is 1. The van der Waals surface area contributed by atoms with E-state index in [4.69, 9.17) is 9.15 Å². The Bertz CT molecular complexity index is 1110. The van der Waals surface area contributed by atoms with Crippen molar-refractivity contribution in [2.75, 3.05) is 12.4 Å². The molecule has 3 rings (SSSR count). The van der Waals surface area contributed by atoms with Crippen LogP contribution in [0.4, 0.5) is 5.69 Å². The molecule has 3 amide bonds. The molecular formula is C25H27N3O5. The van der Waals surface area contributed by atoms with Gasteiger partial charge in [-0.05, 0) is 47.9 Å². The van der Waals surface area contributed by atoms with Crippen LogP contribution in [0.2, 0.25) is 0 Å². The summed E-state index contributed by atoms with van der Waals surface area (Å²) in [6.07, 6.45) is 1.43. The van der Waals surface area contributed by atoms with E-state index in [1.807, 2.05) is 19.9 Å². The molecule has 0 spiro atoms. The number of benzene rings is 2. The lowest BCUT2D eigenvalue weighted by Gasteiger charge is -2.22. The third-order valence-corrected chi connectivity index (χ3v) is 4.98. The van der Waals surface area contributed by atoms with Crippen LogP contribution in [0, 0.1) is 5.92 Å². The Hall–Kier alpha value is -4.07. The fourth-order valence-corrected chi connectivity index (χ4v) is 3.24. The first kappa shape index (κ1) is 23.6. The second kappa shape index (κ2) is 11.0. The number of carbonyl (C=O) groups excluding carboxylic acids is 3. The van der Waals surface area contributed by atoms with Crippen molar-refractivity contribution in [3.63, 3.8) is 0 Å². The molecule has 0 saturated heterocycles. The predicted octanol–water partition coefficient (Wildman–Crippen LogP) is 3.61. The molecule has 172 valence electrons. The van der Waals surface area contributed by atoms with Crippen molar-refractivity contribution in [3.8, 4) is 5.75 Å². The monoisotopic (exact) mass is 449 g/mol. The van der Waals surface area contributed by atoms with Gasteiger partial charge >= 0.3 is 0 Å². The smallest absolute Gasteiger partial charge is 0.291 e. The average Bonchev–Trinajstić information content (AvgIpc) is 3.36. The Balaban J connectivity index is 1.62. The van der Waals surface area contributed by atoms with Gasteiger partial charge in [0.25, 0.3) is 11.8 Å². The van der Waals surface area contributed by atoms with Crippen LogP contribution in [0.3, 0.4) is 0 Å². The van der Waals surface area contributed by atoms with Crippen molar-refractivity contribution >= 4 is 23.4 Å². The van der Waals surface area contributed by atoms with Crippen molar-refractivity contribution < 1.29 is 23.5 Å². The van der Waals surface area contributed by atoms with Crippen LogP contribution in [-0.2, 0) is 11.3 Å². The summed E-state index contributed by atoms with van der Waals surface area (Å²) in [5, 5.41) is 8.41. The topological polar surface area (TPSA) is 110 Å². The van der Waals surface area contributed by atoms with Gasteiger partial charge in [0.1, 0.15) is 11.8 Å². The third kappa shape index (κ3) is 6.22. The summed E-state index contributed by atoms with van der Waals surface area (Å²) in [7, 11) is 1.49. The summed E-state index contributed by atoms with van der Waals surface area (Å²) < 4.78 is 10.3. The first-order chi connectivity index (χ1) is 15.9. The SMILES string of the molecule is COc1ccccc1C(=O)NC(C(=O)NCc1cccc(NC(=O)c2ccco2)c1)C(C)C. The van der Waals surface area contributed by atoms with Gasteiger partial charge in [-0.2, -0.15) is 0 Å². The minimum Gasteiger partial charge on any atom is -0.496 e. The van der Waals surface area contributed by atoms with Gasteiger partial charge in [-0.25, -0.2) is 0 Å². The van der Waals surface area contributed by atoms with E-state index in [1.54, 1.807) is 54.6 Å². The largest absolute Gasteiger partial charge is 0.496 e. The van der Waals surface area contributed by atoms with Gasteiger partial charge in [0.05, 0.1) is 18.9 Å². The zero-order chi connectivity index (χ0) is 23.8. The average molecular weight is 450 g/mol. The second-order valence-electron chi connectivity index (χ2n) is 7.75. The van der Waals surface area contributed by atoms with Crippen LogP contribution in [-0.4, -0.2) is 30.9 Å². The number of nitrogens with one attached hydrogen (secondary N) is 3. The highest BCUT2D eigenvalue weighted by molar-refractivity contribution is 6.02. The van der Waals surface area contributed by atoms with Gasteiger partial charge in [0.15, 0.2) is 5.76 Å². The third-order valence-electron chi connectivity index (χ3n) is 4.98. The van der Waals surface area contributed by atoms with E-state index in [-0.39, 0.29) is 35.9 Å². The number of rotatable bonds is 9. The normalized spacial score (nSPS) is 11.5. The molecule has 33 heavy (non-hydrogen) atoms. The lowest BCUT2D eigenvalue weighted by molar-refractivity contribution is -0.124. The molecule has 0 radical (unpaired) electrons. The number of hydrogen-bond acceptors (Lipinski definition) is 5. The minimum absolute atomic E-state index is 0.137. The Labute approximate surface area is 192 Å². The Morgan fingerprint density at radius 1 is 0.970 bits per heavy atom. The molecule has 0 aliphatic rings. The maximum atomic E-state index is 12.9. The van der Waals surface area contributed by atoms with Crippen LogP contribution >= 0.6 is 0 Å². The summed E-state index contributed by atoms with van der Waals surface area (Å²) in [5.74, 6) is -0.546. The zero-order valence-electron chi connectivity index (χ0n) is 18.8. The molecule has 0 bridgehead atoms. The van der Waals surface area contributed by atoms with Crippen LogP contribution < -0.4 is 20.7 Å². The second-order valence-corrected chi connectivity index (χ2v) is 7.75. The molecule has 1 atom stereocenters. The molecule has 0 aliphatic heterocycles. The molecule has 8 nitrogen and oxygen atoms in total. The molecule has 0 fully saturated rings. The molecule has 0 aliphatic carbocycles. The van der Waals surface area contributed by atoms with Gasteiger partial charge < -0.3 is 25.1 Å². The maximum absolute atomic E-state index is 12.9. The summed E-state index contributed by atoms with van der Waals surface area (Å²) in [6.45, 7) is 3.95. The van der Waals surface area contributed by atoms with Crippen molar-refractivity contribution in [2.24, 2.45) is 5.92 Å². The molecule has 0 saturated carbocycles. The van der Waals surface area contributed by atoms with E-state index in [1.165, 1.54) is 13.4 Å². The van der Waals surface area contributed by atoms with Crippen LogP contribution in [0.15, 0.2) is 71.3 Å². The predicted molar refractivity (Wildman–Crippen MR) is 124 cm³/mol. The van der Waals surface area contributed by atoms with E-state index < -0.39 is 6.04 Å². The lowest BCUT2D eigenvalue weighted by Crippen LogP contribution is -2.49. The fraction of sp³-hybridized carbons (Fsp3) is 0.240. The summed E-state index contributed by atoms with van der Waals surface area (Å²) in [6, 6.07) is 16.4. The minimum atomic E-state index is -0.732. The van der Waals surface area contributed by atoms with Crippen molar-refractivity contribution in [2.45, 2.75) is 26.4 Å². The number of ether oxygens (including phenoxy) is 1. The van der Waals surface area contributed by atoms with E-state index in [0.29, 0.717) is 17.0 Å². The quantitative estimate of drug-likeness (QED) is 0.462. The highest BCUT2D eigenvalue weighted by Crippen LogP contribution is 2.18. The number of methoxy groups -OCH3 is 1. The summed E-state index contributed by atoms with van der Waals surface area (Å²) >= 11 is 0. The Morgan fingerprint density at radius 3 is 2.45 bits per heavy atom. The molecule has 2 aromatic carbocycles. The van der Waals surface area contributed by atoms with E-state index >= 15 is 0 Å². The molecule has 3 N–H and O–H groups in total. The van der Waals surface area contributed by atoms with E-state index in [0.717, 1.165) is 5.56 Å². The van der Waals surface area contributed by atoms with Crippen LogP contribution in [0.25, 0.3) is 0 Å². The molecule has 8 heteroatoms. The Morgan fingerprint density at radius 2 is 1.76 bits per heavy atom. The maximum Gasteiger partial charge on any atom is 0.291 e. The zero-order valence-corrected chi connectivity index (χ0v) is 18.8. The van der Waals surface area contributed by atoms with Gasteiger partial charge in [-0.3, -0.25) is 14.4 Å². The lowest BCUT2D eigenvalue weighted by atomic mass is 10.0. The number of carbonyl (C=O) groups is 3. The van der Waals surface area contributed by atoms with Gasteiger partial charge in [-0.1, -0.05) is 38.1 Å². The molecule has 1 unspecified atom stereocenters. The Kier molecular flexibility index (Phi) is 7.86. The molecule has 1 aromatic heterocycles. The molecule has 1 heterocycles.